The summed E-state index contributed by atoms with van der Waals surface area (Å²) in [4.78, 5) is 24.3. The van der Waals surface area contributed by atoms with Gasteiger partial charge in [0.25, 0.3) is 5.91 Å². The van der Waals surface area contributed by atoms with Gasteiger partial charge in [0.1, 0.15) is 17.6 Å². The van der Waals surface area contributed by atoms with Crippen LogP contribution in [-0.2, 0) is 24.8 Å². The SMILES string of the molecule is COc1cc(/C(O)=C(\C#N)C(=O)N(C)Cc2cc(Cc3cnn(C)c3)ccc2F)cc([N+](=O)[O-])c1O. The molecule has 3 aromatic rings. The number of hydrogen-bond acceptors (Lipinski definition) is 8. The third-order valence-corrected chi connectivity index (χ3v) is 5.34. The second kappa shape index (κ2) is 10.6. The molecule has 36 heavy (non-hydrogen) atoms. The first-order chi connectivity index (χ1) is 17.0. The molecule has 0 atom stereocenters. The second-order valence-electron chi connectivity index (χ2n) is 7.92. The van der Waals surface area contributed by atoms with Crippen molar-refractivity contribution in [3.05, 3.63) is 86.5 Å². The van der Waals surface area contributed by atoms with E-state index in [1.54, 1.807) is 36.1 Å². The number of nitro benzene ring substituents is 1. The Kier molecular flexibility index (Phi) is 7.54. The number of phenols is 1. The number of carbonyl (C=O) groups excluding carboxylic acids is 1. The van der Waals surface area contributed by atoms with E-state index >= 15 is 0 Å². The topological polar surface area (TPSA) is 155 Å². The van der Waals surface area contributed by atoms with E-state index in [1.807, 2.05) is 6.20 Å². The second-order valence-corrected chi connectivity index (χ2v) is 7.92. The monoisotopic (exact) mass is 495 g/mol. The molecule has 1 amide bonds. The van der Waals surface area contributed by atoms with E-state index in [1.165, 1.54) is 13.1 Å². The Hall–Kier alpha value is -4.92. The van der Waals surface area contributed by atoms with E-state index in [2.05, 4.69) is 5.10 Å². The Morgan fingerprint density at radius 1 is 1.33 bits per heavy atom. The van der Waals surface area contributed by atoms with Crippen molar-refractivity contribution < 1.29 is 29.1 Å². The number of aromatic hydroxyl groups is 1. The highest BCUT2D eigenvalue weighted by molar-refractivity contribution is 6.03. The number of rotatable bonds is 8. The van der Waals surface area contributed by atoms with Gasteiger partial charge in [-0.3, -0.25) is 19.6 Å². The fourth-order valence-electron chi connectivity index (χ4n) is 3.55. The lowest BCUT2D eigenvalue weighted by molar-refractivity contribution is -0.386. The van der Waals surface area contributed by atoms with E-state index in [-0.39, 0.29) is 23.4 Å². The predicted octanol–water partition coefficient (Wildman–Crippen LogP) is 3.22. The number of aliphatic hydroxyl groups is 1. The Balaban J connectivity index is 1.90. The summed E-state index contributed by atoms with van der Waals surface area (Å²) in [6.45, 7) is -0.219. The Labute approximate surface area is 205 Å². The first kappa shape index (κ1) is 25.7. The van der Waals surface area contributed by atoms with Gasteiger partial charge in [-0.25, -0.2) is 4.39 Å². The van der Waals surface area contributed by atoms with Crippen LogP contribution < -0.4 is 4.74 Å². The maximum Gasteiger partial charge on any atom is 0.315 e. The summed E-state index contributed by atoms with van der Waals surface area (Å²) in [5.41, 5.74) is 0.0680. The molecule has 0 aliphatic heterocycles. The number of amides is 1. The van der Waals surface area contributed by atoms with Crippen molar-refractivity contribution in [1.82, 2.24) is 14.7 Å². The average molecular weight is 495 g/mol. The molecule has 1 heterocycles. The van der Waals surface area contributed by atoms with Crippen molar-refractivity contribution >= 4 is 17.4 Å². The van der Waals surface area contributed by atoms with Crippen LogP contribution in [0.25, 0.3) is 5.76 Å². The van der Waals surface area contributed by atoms with Crippen LogP contribution in [0.3, 0.4) is 0 Å². The summed E-state index contributed by atoms with van der Waals surface area (Å²) in [6, 6.07) is 7.93. The van der Waals surface area contributed by atoms with Gasteiger partial charge in [-0.15, -0.1) is 0 Å². The number of ether oxygens (including phenoxy) is 1. The Morgan fingerprint density at radius 3 is 2.64 bits per heavy atom. The van der Waals surface area contributed by atoms with Crippen molar-refractivity contribution in [2.75, 3.05) is 14.2 Å². The number of carbonyl (C=O) groups is 1. The summed E-state index contributed by atoms with van der Waals surface area (Å²) in [5.74, 6) is -3.47. The number of phenolic OH excluding ortho intramolecular Hbond substituents is 1. The zero-order chi connectivity index (χ0) is 26.6. The highest BCUT2D eigenvalue weighted by Gasteiger charge is 2.26. The molecule has 11 nitrogen and oxygen atoms in total. The molecule has 0 fully saturated rings. The van der Waals surface area contributed by atoms with Crippen LogP contribution in [0, 0.1) is 27.3 Å². The molecule has 12 heteroatoms. The van der Waals surface area contributed by atoms with Crippen molar-refractivity contribution in [1.29, 1.82) is 5.26 Å². The van der Waals surface area contributed by atoms with Crippen molar-refractivity contribution in [2.24, 2.45) is 7.05 Å². The van der Waals surface area contributed by atoms with E-state index in [4.69, 9.17) is 4.74 Å². The van der Waals surface area contributed by atoms with Gasteiger partial charge in [0.15, 0.2) is 11.3 Å². The molecule has 0 aliphatic rings. The van der Waals surface area contributed by atoms with Gasteiger partial charge in [0.05, 0.1) is 18.2 Å². The third-order valence-electron chi connectivity index (χ3n) is 5.34. The molecular weight excluding hydrogens is 473 g/mol. The number of benzene rings is 2. The first-order valence-corrected chi connectivity index (χ1v) is 10.4. The number of aromatic nitrogens is 2. The minimum atomic E-state index is -0.943. The van der Waals surface area contributed by atoms with Gasteiger partial charge in [-0.2, -0.15) is 10.4 Å². The molecule has 0 radical (unpaired) electrons. The molecular formula is C24H22FN5O6. The van der Waals surface area contributed by atoms with E-state index < -0.39 is 39.4 Å². The number of halogens is 1. The van der Waals surface area contributed by atoms with Crippen LogP contribution in [0.2, 0.25) is 0 Å². The molecule has 0 saturated carbocycles. The Bertz CT molecular complexity index is 1410. The molecule has 2 aromatic carbocycles. The summed E-state index contributed by atoms with van der Waals surface area (Å²) >= 11 is 0. The normalized spacial score (nSPS) is 11.4. The minimum Gasteiger partial charge on any atom is -0.506 e. The summed E-state index contributed by atoms with van der Waals surface area (Å²) in [7, 11) is 4.24. The number of nitro groups is 1. The average Bonchev–Trinajstić information content (AvgIpc) is 3.25. The highest BCUT2D eigenvalue weighted by atomic mass is 19.1. The summed E-state index contributed by atoms with van der Waals surface area (Å²) in [6.07, 6.45) is 4.01. The van der Waals surface area contributed by atoms with Crippen LogP contribution >= 0.6 is 0 Å². The van der Waals surface area contributed by atoms with Crippen LogP contribution in [0.5, 0.6) is 11.5 Å². The summed E-state index contributed by atoms with van der Waals surface area (Å²) < 4.78 is 21.0. The van der Waals surface area contributed by atoms with Crippen LogP contribution in [0.4, 0.5) is 10.1 Å². The number of nitriles is 1. The molecule has 0 spiro atoms. The lowest BCUT2D eigenvalue weighted by atomic mass is 10.0. The fraction of sp³-hybridized carbons (Fsp3) is 0.208. The molecule has 186 valence electrons. The largest absolute Gasteiger partial charge is 0.506 e. The van der Waals surface area contributed by atoms with E-state index in [0.717, 1.165) is 35.3 Å². The lowest BCUT2D eigenvalue weighted by Crippen LogP contribution is -2.28. The van der Waals surface area contributed by atoms with Crippen LogP contribution in [0.1, 0.15) is 22.3 Å². The molecule has 0 aliphatic carbocycles. The number of aliphatic hydroxyl groups excluding tert-OH is 1. The van der Waals surface area contributed by atoms with Crippen molar-refractivity contribution in [3.63, 3.8) is 0 Å². The molecule has 0 saturated heterocycles. The first-order valence-electron chi connectivity index (χ1n) is 10.4. The smallest absolute Gasteiger partial charge is 0.315 e. The summed E-state index contributed by atoms with van der Waals surface area (Å²) in [5, 5.41) is 45.4. The fourth-order valence-corrected chi connectivity index (χ4v) is 3.55. The standard InChI is InChI=1S/C24H22FN5O6/c1-28(13-17-7-14(4-5-19(17)25)6-15-11-27-29(2)12-15)24(33)18(10-26)22(31)16-8-20(30(34)35)23(32)21(9-16)36-3/h4-5,7-9,11-12,31-32H,6,13H2,1-3H3/b22-18-. The maximum atomic E-state index is 14.5. The maximum absolute atomic E-state index is 14.5. The van der Waals surface area contributed by atoms with E-state index in [9.17, 15) is 34.8 Å². The van der Waals surface area contributed by atoms with Gasteiger partial charge < -0.3 is 19.8 Å². The minimum absolute atomic E-state index is 0.186. The number of nitrogens with zero attached hydrogens (tertiary/aromatic N) is 5. The van der Waals surface area contributed by atoms with Gasteiger partial charge >= 0.3 is 5.69 Å². The quantitative estimate of drug-likeness (QED) is 0.159. The highest BCUT2D eigenvalue weighted by Crippen LogP contribution is 2.38. The van der Waals surface area contributed by atoms with Crippen LogP contribution in [-0.4, -0.2) is 49.9 Å². The van der Waals surface area contributed by atoms with E-state index in [0.29, 0.717) is 6.42 Å². The number of hydrogen-bond donors (Lipinski definition) is 2. The number of likely N-dealkylation sites (N-methyl/N-ethyl adjacent to an activating group) is 1. The van der Waals surface area contributed by atoms with Gasteiger partial charge in [0.2, 0.25) is 5.75 Å². The molecule has 1 aromatic heterocycles. The zero-order valence-corrected chi connectivity index (χ0v) is 19.6. The lowest BCUT2D eigenvalue weighted by Gasteiger charge is -2.18. The number of aryl methyl sites for hydroxylation is 1. The number of methoxy groups -OCH3 is 1. The van der Waals surface area contributed by atoms with Gasteiger partial charge in [-0.05, 0) is 23.3 Å². The van der Waals surface area contributed by atoms with Crippen molar-refractivity contribution in [3.8, 4) is 17.6 Å². The zero-order valence-electron chi connectivity index (χ0n) is 19.6. The molecule has 0 unspecified atom stereocenters. The predicted molar refractivity (Wildman–Crippen MR) is 125 cm³/mol. The Morgan fingerprint density at radius 2 is 2.06 bits per heavy atom. The van der Waals surface area contributed by atoms with Gasteiger partial charge in [-0.1, -0.05) is 12.1 Å². The molecule has 3 rings (SSSR count). The van der Waals surface area contributed by atoms with Crippen LogP contribution in [0.15, 0.2) is 48.3 Å². The molecule has 0 bridgehead atoms. The molecule has 2 N–H and O–H groups in total. The van der Waals surface area contributed by atoms with Crippen molar-refractivity contribution in [2.45, 2.75) is 13.0 Å². The van der Waals surface area contributed by atoms with Gasteiger partial charge in [0, 0.05) is 50.5 Å². The third kappa shape index (κ3) is 5.41.